The molecule has 0 aliphatic heterocycles. The molecule has 1 aliphatic carbocycles. The van der Waals surface area contributed by atoms with Gasteiger partial charge in [0.1, 0.15) is 5.01 Å². The number of nitrogens with zero attached hydrogens (tertiary/aromatic N) is 7. The lowest BCUT2D eigenvalue weighted by Crippen LogP contribution is -2.16. The normalized spacial score (nSPS) is 14.0. The van der Waals surface area contributed by atoms with Gasteiger partial charge in [-0.15, -0.1) is 5.10 Å². The molecule has 27 heavy (non-hydrogen) atoms. The van der Waals surface area contributed by atoms with E-state index in [1.807, 2.05) is 35.9 Å². The van der Waals surface area contributed by atoms with Crippen LogP contribution in [-0.2, 0) is 6.54 Å². The van der Waals surface area contributed by atoms with Crippen molar-refractivity contribution in [2.24, 2.45) is 0 Å². The average molecular weight is 380 g/mol. The minimum Gasteiger partial charge on any atom is -0.379 e. The van der Waals surface area contributed by atoms with Crippen LogP contribution in [0.25, 0.3) is 16.3 Å². The molecule has 0 saturated heterocycles. The average Bonchev–Trinajstić information content (AvgIpc) is 3.25. The smallest absolute Gasteiger partial charge is 0.275 e. The lowest BCUT2D eigenvalue weighted by molar-refractivity contribution is 0.615. The van der Waals surface area contributed by atoms with Crippen molar-refractivity contribution < 1.29 is 0 Å². The van der Waals surface area contributed by atoms with Crippen molar-refractivity contribution in [2.45, 2.75) is 32.4 Å². The van der Waals surface area contributed by atoms with E-state index in [0.717, 1.165) is 34.9 Å². The van der Waals surface area contributed by atoms with Gasteiger partial charge in [0.15, 0.2) is 5.82 Å². The van der Waals surface area contributed by atoms with Gasteiger partial charge in [-0.2, -0.15) is 9.61 Å². The van der Waals surface area contributed by atoms with Gasteiger partial charge in [-0.05, 0) is 42.3 Å². The van der Waals surface area contributed by atoms with Crippen molar-refractivity contribution in [3.63, 3.8) is 0 Å². The first-order chi connectivity index (χ1) is 13.2. The van der Waals surface area contributed by atoms with Gasteiger partial charge in [0, 0.05) is 17.3 Å². The number of aryl methyl sites for hydroxylation is 1. The van der Waals surface area contributed by atoms with Crippen LogP contribution in [0.2, 0.25) is 0 Å². The van der Waals surface area contributed by atoms with E-state index < -0.39 is 0 Å². The highest BCUT2D eigenvalue weighted by Gasteiger charge is 2.28. The summed E-state index contributed by atoms with van der Waals surface area (Å²) in [6.07, 6.45) is 2.24. The van der Waals surface area contributed by atoms with Crippen LogP contribution in [0.4, 0.5) is 5.69 Å². The molecule has 5 rings (SSSR count). The minimum absolute atomic E-state index is 0.168. The molecule has 0 amide bonds. The summed E-state index contributed by atoms with van der Waals surface area (Å²) >= 11 is 1.40. The molecule has 9 nitrogen and oxygen atoms in total. The van der Waals surface area contributed by atoms with Crippen molar-refractivity contribution in [2.75, 3.05) is 5.32 Å². The van der Waals surface area contributed by atoms with Gasteiger partial charge in [0.25, 0.3) is 5.56 Å². The monoisotopic (exact) mass is 380 g/mol. The number of anilines is 1. The van der Waals surface area contributed by atoms with Crippen LogP contribution >= 0.6 is 11.3 Å². The van der Waals surface area contributed by atoms with Crippen molar-refractivity contribution in [3.05, 3.63) is 51.4 Å². The number of aromatic nitrogens is 7. The van der Waals surface area contributed by atoms with Gasteiger partial charge in [-0.1, -0.05) is 23.5 Å². The third-order valence-corrected chi connectivity index (χ3v) is 5.20. The van der Waals surface area contributed by atoms with E-state index in [4.69, 9.17) is 0 Å². The zero-order chi connectivity index (χ0) is 18.4. The van der Waals surface area contributed by atoms with Crippen LogP contribution in [0.1, 0.15) is 29.6 Å². The van der Waals surface area contributed by atoms with Crippen LogP contribution in [0.5, 0.6) is 0 Å². The van der Waals surface area contributed by atoms with Gasteiger partial charge >= 0.3 is 0 Å². The summed E-state index contributed by atoms with van der Waals surface area (Å²) in [5.74, 6) is 0.777. The predicted molar refractivity (Wildman–Crippen MR) is 101 cm³/mol. The third-order valence-electron chi connectivity index (χ3n) is 4.38. The second kappa shape index (κ2) is 6.23. The van der Waals surface area contributed by atoms with Crippen molar-refractivity contribution in [1.29, 1.82) is 0 Å². The van der Waals surface area contributed by atoms with E-state index in [2.05, 4.69) is 30.9 Å². The highest BCUT2D eigenvalue weighted by Crippen LogP contribution is 2.36. The topological polar surface area (TPSA) is 103 Å². The van der Waals surface area contributed by atoms with Gasteiger partial charge in [-0.3, -0.25) is 4.79 Å². The van der Waals surface area contributed by atoms with Gasteiger partial charge in [0.2, 0.25) is 4.96 Å². The number of hydrogen-bond acceptors (Lipinski definition) is 8. The Balaban J connectivity index is 1.38. The fraction of sp³-hybridized carbons (Fsp3) is 0.294. The van der Waals surface area contributed by atoms with Crippen LogP contribution in [0.3, 0.4) is 0 Å². The molecule has 0 bridgehead atoms. The van der Waals surface area contributed by atoms with E-state index in [-0.39, 0.29) is 5.56 Å². The molecule has 1 saturated carbocycles. The summed E-state index contributed by atoms with van der Waals surface area (Å²) in [6.45, 7) is 2.30. The van der Waals surface area contributed by atoms with Crippen molar-refractivity contribution in [3.8, 4) is 11.4 Å². The number of fused-ring (bicyclic) bond motifs is 1. The standard InChI is InChI=1S/C17H16N8OS/c1-10-21-25-15(26)8-13(19-17(25)27-10)9-18-12-4-2-3-11(7-12)16-20-22-23-24(16)14-5-6-14/h2-4,7-8,14,18H,5-6,9H2,1H3. The molecule has 3 aromatic heterocycles. The van der Waals surface area contributed by atoms with Crippen LogP contribution in [0, 0.1) is 6.92 Å². The molecule has 10 heteroatoms. The molecule has 0 atom stereocenters. The Kier molecular flexibility index (Phi) is 3.71. The maximum atomic E-state index is 12.2. The Morgan fingerprint density at radius 2 is 2.19 bits per heavy atom. The fourth-order valence-electron chi connectivity index (χ4n) is 2.95. The second-order valence-corrected chi connectivity index (χ2v) is 7.67. The van der Waals surface area contributed by atoms with Crippen LogP contribution in [-0.4, -0.2) is 34.8 Å². The maximum absolute atomic E-state index is 12.2. The highest BCUT2D eigenvalue weighted by atomic mass is 32.1. The maximum Gasteiger partial charge on any atom is 0.275 e. The van der Waals surface area contributed by atoms with Gasteiger partial charge < -0.3 is 5.32 Å². The summed E-state index contributed by atoms with van der Waals surface area (Å²) < 4.78 is 3.23. The Bertz CT molecular complexity index is 1190. The summed E-state index contributed by atoms with van der Waals surface area (Å²) in [5, 5.41) is 20.4. The molecular weight excluding hydrogens is 364 g/mol. The zero-order valence-electron chi connectivity index (χ0n) is 14.5. The van der Waals surface area contributed by atoms with E-state index in [9.17, 15) is 4.79 Å². The Hall–Kier alpha value is -3.14. The summed E-state index contributed by atoms with van der Waals surface area (Å²) in [7, 11) is 0. The number of benzene rings is 1. The molecule has 0 unspecified atom stereocenters. The van der Waals surface area contributed by atoms with Gasteiger partial charge in [0.05, 0.1) is 18.3 Å². The number of tetrazole rings is 1. The third kappa shape index (κ3) is 3.08. The quantitative estimate of drug-likeness (QED) is 0.565. The minimum atomic E-state index is -0.168. The Labute approximate surface area is 157 Å². The molecule has 1 fully saturated rings. The van der Waals surface area contributed by atoms with Crippen LogP contribution < -0.4 is 10.9 Å². The van der Waals surface area contributed by atoms with E-state index in [0.29, 0.717) is 23.2 Å². The first-order valence-electron chi connectivity index (χ1n) is 8.66. The molecule has 0 radical (unpaired) electrons. The summed E-state index contributed by atoms with van der Waals surface area (Å²) in [5.41, 5.74) is 2.38. The van der Waals surface area contributed by atoms with Crippen LogP contribution in [0.15, 0.2) is 35.1 Å². The van der Waals surface area contributed by atoms with E-state index in [1.165, 1.54) is 21.9 Å². The lowest BCUT2D eigenvalue weighted by atomic mass is 10.2. The fourth-order valence-corrected chi connectivity index (χ4v) is 3.72. The number of nitrogens with one attached hydrogen (secondary N) is 1. The largest absolute Gasteiger partial charge is 0.379 e. The van der Waals surface area contributed by atoms with E-state index in [1.54, 1.807) is 0 Å². The SMILES string of the molecule is Cc1nn2c(=O)cc(CNc3cccc(-c4nnnn4C4CC4)c3)nc2s1. The number of rotatable bonds is 5. The Morgan fingerprint density at radius 1 is 1.30 bits per heavy atom. The second-order valence-electron chi connectivity index (χ2n) is 6.51. The molecule has 1 aliphatic rings. The first kappa shape index (κ1) is 16.1. The highest BCUT2D eigenvalue weighted by molar-refractivity contribution is 7.16. The molecule has 0 spiro atoms. The predicted octanol–water partition coefficient (Wildman–Crippen LogP) is 2.06. The van der Waals surface area contributed by atoms with E-state index >= 15 is 0 Å². The molecular formula is C17H16N8OS. The van der Waals surface area contributed by atoms with Crippen molar-refractivity contribution in [1.82, 2.24) is 34.8 Å². The lowest BCUT2D eigenvalue weighted by Gasteiger charge is -2.08. The number of hydrogen-bond donors (Lipinski definition) is 1. The molecule has 136 valence electrons. The molecule has 1 N–H and O–H groups in total. The summed E-state index contributed by atoms with van der Waals surface area (Å²) in [4.78, 5) is 17.3. The first-order valence-corrected chi connectivity index (χ1v) is 9.47. The van der Waals surface area contributed by atoms with Gasteiger partial charge in [-0.25, -0.2) is 9.67 Å². The Morgan fingerprint density at radius 3 is 3.04 bits per heavy atom. The zero-order valence-corrected chi connectivity index (χ0v) is 15.3. The summed E-state index contributed by atoms with van der Waals surface area (Å²) in [6, 6.07) is 9.85. The molecule has 3 heterocycles. The molecule has 4 aromatic rings. The molecule has 1 aromatic carbocycles. The van der Waals surface area contributed by atoms with Crippen molar-refractivity contribution >= 4 is 22.0 Å².